The fourth-order valence-corrected chi connectivity index (χ4v) is 3.21. The third kappa shape index (κ3) is 4.38. The molecule has 1 amide bonds. The largest absolute Gasteiger partial charge is 0.399 e. The molecule has 0 atom stereocenters. The first-order chi connectivity index (χ1) is 11.7. The molecule has 3 heteroatoms. The number of hydrogen-bond donors (Lipinski definition) is 1. The summed E-state index contributed by atoms with van der Waals surface area (Å²) in [4.78, 5) is 14.8. The Labute approximate surface area is 144 Å². The molecule has 0 saturated heterocycles. The van der Waals surface area contributed by atoms with E-state index in [1.54, 1.807) is 0 Å². The summed E-state index contributed by atoms with van der Waals surface area (Å²) in [6.07, 6.45) is 5.04. The highest BCUT2D eigenvalue weighted by Crippen LogP contribution is 2.28. The van der Waals surface area contributed by atoms with Crippen LogP contribution >= 0.6 is 0 Å². The molecule has 1 fully saturated rings. The predicted octanol–water partition coefficient (Wildman–Crippen LogP) is 4.03. The second-order valence-corrected chi connectivity index (χ2v) is 6.76. The maximum absolute atomic E-state index is 12.8. The summed E-state index contributed by atoms with van der Waals surface area (Å²) in [6.45, 7) is 1.60. The highest BCUT2D eigenvalue weighted by Gasteiger charge is 2.23. The summed E-state index contributed by atoms with van der Waals surface area (Å²) < 4.78 is 0. The topological polar surface area (TPSA) is 46.3 Å². The van der Waals surface area contributed by atoms with Gasteiger partial charge < -0.3 is 10.6 Å². The Hall–Kier alpha value is -2.29. The average molecular weight is 322 g/mol. The van der Waals surface area contributed by atoms with Gasteiger partial charge in [0.2, 0.25) is 5.91 Å². The predicted molar refractivity (Wildman–Crippen MR) is 98.4 cm³/mol. The Bertz CT molecular complexity index is 665. The van der Waals surface area contributed by atoms with Crippen molar-refractivity contribution in [2.75, 3.05) is 12.3 Å². The normalized spacial score (nSPS) is 14.2. The zero-order valence-electron chi connectivity index (χ0n) is 14.2. The molecule has 0 heterocycles. The van der Waals surface area contributed by atoms with Crippen LogP contribution in [0.1, 0.15) is 36.8 Å². The number of nitrogen functional groups attached to an aromatic ring is 1. The highest BCUT2D eigenvalue weighted by atomic mass is 16.2. The summed E-state index contributed by atoms with van der Waals surface area (Å²) in [5.41, 5.74) is 9.03. The van der Waals surface area contributed by atoms with E-state index in [-0.39, 0.29) is 5.91 Å². The molecule has 1 saturated carbocycles. The van der Waals surface area contributed by atoms with Crippen LogP contribution in [0, 0.1) is 5.92 Å². The second kappa shape index (κ2) is 8.00. The molecule has 1 aliphatic rings. The molecule has 3 rings (SSSR count). The molecular weight excluding hydrogens is 296 g/mol. The first-order valence-corrected chi connectivity index (χ1v) is 8.87. The molecule has 0 radical (unpaired) electrons. The molecule has 3 nitrogen and oxygen atoms in total. The van der Waals surface area contributed by atoms with Gasteiger partial charge in [-0.05, 0) is 42.4 Å². The molecule has 0 spiro atoms. The van der Waals surface area contributed by atoms with Crippen LogP contribution in [0.4, 0.5) is 5.69 Å². The number of amides is 1. The van der Waals surface area contributed by atoms with Gasteiger partial charge in [0.25, 0.3) is 0 Å². The summed E-state index contributed by atoms with van der Waals surface area (Å²) >= 11 is 0. The highest BCUT2D eigenvalue weighted by molar-refractivity contribution is 5.76. The van der Waals surface area contributed by atoms with Crippen molar-refractivity contribution < 1.29 is 4.79 Å². The Morgan fingerprint density at radius 2 is 1.75 bits per heavy atom. The Morgan fingerprint density at radius 3 is 2.42 bits per heavy atom. The van der Waals surface area contributed by atoms with Gasteiger partial charge in [-0.3, -0.25) is 4.79 Å². The molecule has 0 bridgehead atoms. The zero-order valence-corrected chi connectivity index (χ0v) is 14.2. The van der Waals surface area contributed by atoms with Gasteiger partial charge in [0.05, 0.1) is 0 Å². The minimum atomic E-state index is 0.231. The second-order valence-electron chi connectivity index (χ2n) is 6.76. The Morgan fingerprint density at radius 1 is 1.04 bits per heavy atom. The zero-order chi connectivity index (χ0) is 16.8. The van der Waals surface area contributed by atoms with E-state index in [4.69, 9.17) is 5.73 Å². The van der Waals surface area contributed by atoms with Crippen molar-refractivity contribution in [3.63, 3.8) is 0 Å². The minimum absolute atomic E-state index is 0.231. The number of carbonyl (C=O) groups is 1. The maximum Gasteiger partial charge on any atom is 0.223 e. The van der Waals surface area contributed by atoms with Crippen LogP contribution in [0.2, 0.25) is 0 Å². The van der Waals surface area contributed by atoms with E-state index in [0.717, 1.165) is 17.8 Å². The van der Waals surface area contributed by atoms with Crippen LogP contribution in [0.15, 0.2) is 54.6 Å². The lowest BCUT2D eigenvalue weighted by Crippen LogP contribution is -2.37. The van der Waals surface area contributed by atoms with Crippen molar-refractivity contribution in [3.05, 3.63) is 65.7 Å². The number of benzene rings is 2. The lowest BCUT2D eigenvalue weighted by molar-refractivity contribution is -0.132. The van der Waals surface area contributed by atoms with Crippen LogP contribution in [0.25, 0.3) is 0 Å². The molecule has 0 unspecified atom stereocenters. The maximum atomic E-state index is 12.8. The van der Waals surface area contributed by atoms with Gasteiger partial charge in [0, 0.05) is 25.2 Å². The molecule has 126 valence electrons. The van der Waals surface area contributed by atoms with Crippen LogP contribution in [-0.4, -0.2) is 17.4 Å². The van der Waals surface area contributed by atoms with E-state index in [0.29, 0.717) is 25.3 Å². The smallest absolute Gasteiger partial charge is 0.223 e. The summed E-state index contributed by atoms with van der Waals surface area (Å²) in [6, 6.07) is 18.1. The summed E-state index contributed by atoms with van der Waals surface area (Å²) in [5, 5.41) is 0. The van der Waals surface area contributed by atoms with E-state index in [2.05, 4.69) is 12.1 Å². The number of carbonyl (C=O) groups excluding carboxylic acids is 1. The number of anilines is 1. The van der Waals surface area contributed by atoms with Crippen molar-refractivity contribution in [1.82, 2.24) is 4.90 Å². The SMILES string of the molecule is Nc1ccccc1CCC(=O)N(Cc1ccccc1)CC1CCC1. The number of para-hydroxylation sites is 1. The molecule has 24 heavy (non-hydrogen) atoms. The van der Waals surface area contributed by atoms with Crippen molar-refractivity contribution in [2.24, 2.45) is 5.92 Å². The van der Waals surface area contributed by atoms with Gasteiger partial charge in [-0.25, -0.2) is 0 Å². The van der Waals surface area contributed by atoms with Gasteiger partial charge >= 0.3 is 0 Å². The van der Waals surface area contributed by atoms with E-state index in [1.807, 2.05) is 47.4 Å². The standard InChI is InChI=1S/C21H26N2O/c22-20-12-5-4-11-19(20)13-14-21(24)23(16-18-9-6-10-18)15-17-7-2-1-3-8-17/h1-5,7-8,11-12,18H,6,9-10,13-16,22H2. The van der Waals surface area contributed by atoms with Crippen molar-refractivity contribution >= 4 is 11.6 Å². The van der Waals surface area contributed by atoms with Gasteiger partial charge in [-0.1, -0.05) is 55.0 Å². The van der Waals surface area contributed by atoms with Gasteiger partial charge in [0.1, 0.15) is 0 Å². The lowest BCUT2D eigenvalue weighted by Gasteiger charge is -2.32. The van der Waals surface area contributed by atoms with Crippen molar-refractivity contribution in [3.8, 4) is 0 Å². The molecule has 2 N–H and O–H groups in total. The third-order valence-electron chi connectivity index (χ3n) is 4.94. The average Bonchev–Trinajstić information content (AvgIpc) is 2.57. The molecule has 0 aliphatic heterocycles. The van der Waals surface area contributed by atoms with Crippen LogP contribution in [0.5, 0.6) is 0 Å². The Kier molecular flexibility index (Phi) is 5.52. The van der Waals surface area contributed by atoms with E-state index in [9.17, 15) is 4.79 Å². The van der Waals surface area contributed by atoms with E-state index in [1.165, 1.54) is 24.8 Å². The third-order valence-corrected chi connectivity index (χ3v) is 4.94. The molecule has 1 aliphatic carbocycles. The van der Waals surface area contributed by atoms with E-state index >= 15 is 0 Å². The summed E-state index contributed by atoms with van der Waals surface area (Å²) in [7, 11) is 0. The van der Waals surface area contributed by atoms with Crippen molar-refractivity contribution in [1.29, 1.82) is 0 Å². The first-order valence-electron chi connectivity index (χ1n) is 8.87. The Balaban J connectivity index is 1.62. The molecule has 2 aromatic carbocycles. The number of nitrogens with two attached hydrogens (primary N) is 1. The van der Waals surface area contributed by atoms with Crippen LogP contribution in [0.3, 0.4) is 0 Å². The minimum Gasteiger partial charge on any atom is -0.399 e. The number of rotatable bonds is 7. The van der Waals surface area contributed by atoms with Gasteiger partial charge in [-0.15, -0.1) is 0 Å². The van der Waals surface area contributed by atoms with Gasteiger partial charge in [0.15, 0.2) is 0 Å². The van der Waals surface area contributed by atoms with E-state index < -0.39 is 0 Å². The number of hydrogen-bond acceptors (Lipinski definition) is 2. The molecule has 0 aromatic heterocycles. The number of nitrogens with zero attached hydrogens (tertiary/aromatic N) is 1. The quantitative estimate of drug-likeness (QED) is 0.782. The lowest BCUT2D eigenvalue weighted by atomic mass is 9.85. The van der Waals surface area contributed by atoms with Gasteiger partial charge in [-0.2, -0.15) is 0 Å². The molecule has 2 aromatic rings. The first kappa shape index (κ1) is 16.6. The summed E-state index contributed by atoms with van der Waals surface area (Å²) in [5.74, 6) is 0.911. The van der Waals surface area contributed by atoms with Crippen molar-refractivity contribution in [2.45, 2.75) is 38.6 Å². The number of aryl methyl sites for hydroxylation is 1. The fourth-order valence-electron chi connectivity index (χ4n) is 3.21. The van der Waals surface area contributed by atoms with Crippen LogP contribution in [-0.2, 0) is 17.8 Å². The monoisotopic (exact) mass is 322 g/mol. The molecular formula is C21H26N2O. The fraction of sp³-hybridized carbons (Fsp3) is 0.381. The van der Waals surface area contributed by atoms with Crippen LogP contribution < -0.4 is 5.73 Å².